The molecular weight excluding hydrogens is 493 g/mol. The SMILES string of the molecule is CC(C)N1CCC(NC2CCOCC2)=C(C(=N)N2CCCc3cc(-c4cnn(C)c4)c(C(F)(F)F)cc32)C1. The van der Waals surface area contributed by atoms with Gasteiger partial charge in [-0.1, -0.05) is 0 Å². The Labute approximate surface area is 222 Å². The molecule has 0 spiro atoms. The minimum absolute atomic E-state index is 0.141. The zero-order valence-electron chi connectivity index (χ0n) is 22.4. The highest BCUT2D eigenvalue weighted by molar-refractivity contribution is 6.09. The topological polar surface area (TPSA) is 69.4 Å². The summed E-state index contributed by atoms with van der Waals surface area (Å²) in [5, 5.41) is 17.1. The maximum Gasteiger partial charge on any atom is 0.417 e. The molecule has 0 amide bonds. The van der Waals surface area contributed by atoms with Crippen LogP contribution in [0.2, 0.25) is 0 Å². The van der Waals surface area contributed by atoms with Gasteiger partial charge in [0.1, 0.15) is 5.84 Å². The molecule has 2 N–H and O–H groups in total. The summed E-state index contributed by atoms with van der Waals surface area (Å²) < 4.78 is 50.0. The van der Waals surface area contributed by atoms with Crippen molar-refractivity contribution in [3.8, 4) is 11.1 Å². The van der Waals surface area contributed by atoms with Gasteiger partial charge in [-0.15, -0.1) is 0 Å². The molecular formula is C28H37F3N6O. The number of aromatic nitrogens is 2. The fourth-order valence-corrected chi connectivity index (χ4v) is 5.75. The molecule has 0 atom stereocenters. The van der Waals surface area contributed by atoms with Crippen LogP contribution >= 0.6 is 0 Å². The number of alkyl halides is 3. The second kappa shape index (κ2) is 10.7. The van der Waals surface area contributed by atoms with E-state index in [1.165, 1.54) is 16.9 Å². The first-order valence-electron chi connectivity index (χ1n) is 13.5. The van der Waals surface area contributed by atoms with E-state index in [2.05, 4.69) is 29.2 Å². The van der Waals surface area contributed by atoms with Gasteiger partial charge in [0.05, 0.1) is 11.8 Å². The first-order chi connectivity index (χ1) is 18.1. The lowest BCUT2D eigenvalue weighted by molar-refractivity contribution is -0.137. The first kappa shape index (κ1) is 26.7. The number of aryl methyl sites for hydroxylation is 2. The summed E-state index contributed by atoms with van der Waals surface area (Å²) >= 11 is 0. The third-order valence-electron chi connectivity index (χ3n) is 7.92. The predicted octanol–water partition coefficient (Wildman–Crippen LogP) is 4.97. The molecule has 0 unspecified atom stereocenters. The highest BCUT2D eigenvalue weighted by Crippen LogP contribution is 2.43. The van der Waals surface area contributed by atoms with E-state index in [1.807, 2.05) is 0 Å². The second-order valence-electron chi connectivity index (χ2n) is 10.8. The van der Waals surface area contributed by atoms with Crippen LogP contribution in [-0.2, 0) is 24.4 Å². The van der Waals surface area contributed by atoms with E-state index in [9.17, 15) is 18.6 Å². The number of benzene rings is 1. The largest absolute Gasteiger partial charge is 0.417 e. The average molecular weight is 531 g/mol. The van der Waals surface area contributed by atoms with Crippen LogP contribution < -0.4 is 10.2 Å². The summed E-state index contributed by atoms with van der Waals surface area (Å²) in [5.41, 5.74) is 3.15. The van der Waals surface area contributed by atoms with Gasteiger partial charge in [-0.2, -0.15) is 18.3 Å². The molecule has 10 heteroatoms. The van der Waals surface area contributed by atoms with E-state index in [4.69, 9.17) is 4.74 Å². The van der Waals surface area contributed by atoms with Gasteiger partial charge in [0.25, 0.3) is 0 Å². The van der Waals surface area contributed by atoms with Crippen molar-refractivity contribution in [2.45, 2.75) is 64.2 Å². The number of nitrogens with one attached hydrogen (secondary N) is 2. The van der Waals surface area contributed by atoms with Crippen LogP contribution in [0.5, 0.6) is 0 Å². The third-order valence-corrected chi connectivity index (χ3v) is 7.92. The van der Waals surface area contributed by atoms with E-state index in [0.29, 0.717) is 48.7 Å². The molecule has 1 aromatic heterocycles. The van der Waals surface area contributed by atoms with Gasteiger partial charge in [0, 0.05) is 87.1 Å². The lowest BCUT2D eigenvalue weighted by atomic mass is 9.91. The second-order valence-corrected chi connectivity index (χ2v) is 10.8. The Bertz CT molecular complexity index is 1210. The summed E-state index contributed by atoms with van der Waals surface area (Å²) in [6.07, 6.45) is 2.63. The molecule has 5 rings (SSSR count). The number of anilines is 1. The molecule has 2 aromatic rings. The van der Waals surface area contributed by atoms with Crippen LogP contribution in [0.3, 0.4) is 0 Å². The number of rotatable bonds is 5. The van der Waals surface area contributed by atoms with Gasteiger partial charge in [-0.3, -0.25) is 15.0 Å². The van der Waals surface area contributed by atoms with Gasteiger partial charge in [0.2, 0.25) is 0 Å². The summed E-state index contributed by atoms with van der Waals surface area (Å²) in [6.45, 7) is 7.74. The number of halogens is 3. The minimum atomic E-state index is -4.53. The van der Waals surface area contributed by atoms with Crippen LogP contribution in [0.25, 0.3) is 11.1 Å². The number of amidine groups is 1. The van der Waals surface area contributed by atoms with Crippen LogP contribution in [0, 0.1) is 5.41 Å². The van der Waals surface area contributed by atoms with Gasteiger partial charge >= 0.3 is 6.18 Å². The quantitative estimate of drug-likeness (QED) is 0.422. The molecule has 0 saturated carbocycles. The van der Waals surface area contributed by atoms with E-state index < -0.39 is 11.7 Å². The molecule has 0 radical (unpaired) electrons. The predicted molar refractivity (Wildman–Crippen MR) is 142 cm³/mol. The monoisotopic (exact) mass is 530 g/mol. The number of fused-ring (bicyclic) bond motifs is 1. The number of hydrogen-bond acceptors (Lipinski definition) is 5. The molecule has 1 fully saturated rings. The minimum Gasteiger partial charge on any atom is -0.385 e. The molecule has 7 nitrogen and oxygen atoms in total. The zero-order valence-corrected chi connectivity index (χ0v) is 22.4. The smallest absolute Gasteiger partial charge is 0.385 e. The Morgan fingerprint density at radius 3 is 2.58 bits per heavy atom. The van der Waals surface area contributed by atoms with Gasteiger partial charge < -0.3 is 15.0 Å². The fourth-order valence-electron chi connectivity index (χ4n) is 5.75. The van der Waals surface area contributed by atoms with Crippen LogP contribution in [0.15, 0.2) is 35.8 Å². The maximum atomic E-state index is 14.3. The third kappa shape index (κ3) is 5.47. The number of hydrogen-bond donors (Lipinski definition) is 2. The van der Waals surface area contributed by atoms with Gasteiger partial charge in [-0.05, 0) is 62.8 Å². The van der Waals surface area contributed by atoms with Crippen molar-refractivity contribution in [1.29, 1.82) is 5.41 Å². The van der Waals surface area contributed by atoms with Gasteiger partial charge in [-0.25, -0.2) is 0 Å². The van der Waals surface area contributed by atoms with Crippen molar-refractivity contribution in [3.63, 3.8) is 0 Å². The lowest BCUT2D eigenvalue weighted by Crippen LogP contribution is -2.47. The molecule has 1 aromatic carbocycles. The molecule has 3 aliphatic heterocycles. The van der Waals surface area contributed by atoms with E-state index >= 15 is 0 Å². The molecule has 0 bridgehead atoms. The first-order valence-corrected chi connectivity index (χ1v) is 13.5. The Hall–Kier alpha value is -2.85. The van der Waals surface area contributed by atoms with Crippen molar-refractivity contribution in [3.05, 3.63) is 46.9 Å². The highest BCUT2D eigenvalue weighted by atomic mass is 19.4. The molecule has 206 valence electrons. The van der Waals surface area contributed by atoms with Crippen LogP contribution in [-0.4, -0.2) is 65.4 Å². The molecule has 0 aliphatic carbocycles. The van der Waals surface area contributed by atoms with Crippen LogP contribution in [0.4, 0.5) is 18.9 Å². The Kier molecular flexibility index (Phi) is 7.55. The Balaban J connectivity index is 1.54. The summed E-state index contributed by atoms with van der Waals surface area (Å²) in [4.78, 5) is 4.13. The Morgan fingerprint density at radius 2 is 1.92 bits per heavy atom. The fraction of sp³-hybridized carbons (Fsp3) is 0.571. The van der Waals surface area contributed by atoms with Crippen molar-refractivity contribution >= 4 is 11.5 Å². The van der Waals surface area contributed by atoms with Gasteiger partial charge in [0.15, 0.2) is 0 Å². The molecule has 4 heterocycles. The van der Waals surface area contributed by atoms with Crippen LogP contribution in [0.1, 0.15) is 50.7 Å². The normalized spacial score (nSPS) is 19.7. The zero-order chi connectivity index (χ0) is 27.0. The number of ether oxygens (including phenoxy) is 1. The summed E-state index contributed by atoms with van der Waals surface area (Å²) in [7, 11) is 1.70. The van der Waals surface area contributed by atoms with E-state index in [1.54, 1.807) is 24.2 Å². The number of nitrogens with zero attached hydrogens (tertiary/aromatic N) is 4. The standard InChI is InChI=1S/C28H37F3N6O/c1-18(2)36-10-6-25(34-21-7-11-38-12-8-21)23(17-36)27(32)37-9-4-5-19-13-22(20-15-33-35(3)16-20)24(14-26(19)37)28(29,30)31/h13-16,18,21,32,34H,4-12,17H2,1-3H3. The Morgan fingerprint density at radius 1 is 1.16 bits per heavy atom. The van der Waals surface area contributed by atoms with Crippen molar-refractivity contribution in [2.75, 3.05) is 37.7 Å². The molecule has 3 aliphatic rings. The van der Waals surface area contributed by atoms with E-state index in [-0.39, 0.29) is 5.56 Å². The average Bonchev–Trinajstić information content (AvgIpc) is 3.33. The summed E-state index contributed by atoms with van der Waals surface area (Å²) in [5.74, 6) is 0.299. The van der Waals surface area contributed by atoms with Crippen molar-refractivity contribution < 1.29 is 17.9 Å². The lowest BCUT2D eigenvalue weighted by Gasteiger charge is -2.39. The van der Waals surface area contributed by atoms with Crippen molar-refractivity contribution in [2.24, 2.45) is 7.05 Å². The molecule has 1 saturated heterocycles. The molecule has 38 heavy (non-hydrogen) atoms. The maximum absolute atomic E-state index is 14.3. The highest BCUT2D eigenvalue weighted by Gasteiger charge is 2.37. The van der Waals surface area contributed by atoms with Crippen molar-refractivity contribution in [1.82, 2.24) is 20.0 Å². The summed E-state index contributed by atoms with van der Waals surface area (Å²) in [6, 6.07) is 3.51. The van der Waals surface area contributed by atoms with E-state index in [0.717, 1.165) is 62.3 Å².